The van der Waals surface area contributed by atoms with Crippen LogP contribution in [0.3, 0.4) is 0 Å². The van der Waals surface area contributed by atoms with Gasteiger partial charge in [-0.25, -0.2) is 0 Å². The lowest BCUT2D eigenvalue weighted by Gasteiger charge is -2.41. The Bertz CT molecular complexity index is 567. The van der Waals surface area contributed by atoms with Gasteiger partial charge < -0.3 is 14.8 Å². The largest absolute Gasteiger partial charge is 0.379 e. The van der Waals surface area contributed by atoms with Crippen LogP contribution in [-0.2, 0) is 20.8 Å². The molecule has 2 fully saturated rings. The van der Waals surface area contributed by atoms with E-state index in [4.69, 9.17) is 9.47 Å². The number of carbonyl (C=O) groups excluding carboxylic acids is 1. The lowest BCUT2D eigenvalue weighted by atomic mass is 10.0. The van der Waals surface area contributed by atoms with E-state index >= 15 is 0 Å². The number of nitrogens with one attached hydrogen (secondary N) is 1. The molecule has 0 bridgehead atoms. The molecule has 0 radical (unpaired) electrons. The van der Waals surface area contributed by atoms with Gasteiger partial charge in [0, 0.05) is 49.7 Å². The zero-order valence-electron chi connectivity index (χ0n) is 16.6. The van der Waals surface area contributed by atoms with Crippen LogP contribution in [0.25, 0.3) is 0 Å². The third-order valence-corrected chi connectivity index (χ3v) is 6.26. The summed E-state index contributed by atoms with van der Waals surface area (Å²) in [6, 6.07) is 4.20. The highest BCUT2D eigenvalue weighted by Crippen LogP contribution is 2.18. The molecule has 1 atom stereocenters. The Labute approximate surface area is 166 Å². The first-order chi connectivity index (χ1) is 13.0. The van der Waals surface area contributed by atoms with E-state index in [1.54, 1.807) is 11.3 Å². The van der Waals surface area contributed by atoms with Gasteiger partial charge in [-0.3, -0.25) is 14.6 Å². The molecule has 3 heterocycles. The maximum atomic E-state index is 12.7. The van der Waals surface area contributed by atoms with E-state index in [2.05, 4.69) is 46.5 Å². The monoisotopic (exact) mass is 395 g/mol. The van der Waals surface area contributed by atoms with Crippen LogP contribution >= 0.6 is 11.3 Å². The summed E-state index contributed by atoms with van der Waals surface area (Å²) in [5.41, 5.74) is -0.0629. The standard InChI is InChI=1S/C20H33N3O3S/c1-20(2,23-7-10-25-11-8-23)16-21-19(24)15-22(13-17-5-3-9-26-17)14-18-6-4-12-27-18/h4,6,12,17H,3,5,7-11,13-16H2,1-2H3,(H,21,24). The molecule has 0 aromatic carbocycles. The lowest BCUT2D eigenvalue weighted by molar-refractivity contribution is -0.123. The van der Waals surface area contributed by atoms with E-state index in [-0.39, 0.29) is 17.6 Å². The molecule has 2 saturated heterocycles. The van der Waals surface area contributed by atoms with Crippen molar-refractivity contribution >= 4 is 17.2 Å². The lowest BCUT2D eigenvalue weighted by Crippen LogP contribution is -2.56. The number of morpholine rings is 1. The Kier molecular flexibility index (Phi) is 7.66. The number of hydrogen-bond donors (Lipinski definition) is 1. The molecule has 0 saturated carbocycles. The predicted molar refractivity (Wildman–Crippen MR) is 108 cm³/mol. The number of amides is 1. The summed E-state index contributed by atoms with van der Waals surface area (Å²) in [6.07, 6.45) is 2.46. The van der Waals surface area contributed by atoms with Crippen molar-refractivity contribution in [3.05, 3.63) is 22.4 Å². The fourth-order valence-electron chi connectivity index (χ4n) is 3.74. The van der Waals surface area contributed by atoms with Crippen LogP contribution < -0.4 is 5.32 Å². The summed E-state index contributed by atoms with van der Waals surface area (Å²) >= 11 is 1.74. The number of nitrogens with zero attached hydrogens (tertiary/aromatic N) is 2. The van der Waals surface area contributed by atoms with Crippen molar-refractivity contribution in [2.45, 2.75) is 44.9 Å². The zero-order chi connectivity index (χ0) is 19.1. The Balaban J connectivity index is 1.49. The molecule has 1 aromatic rings. The van der Waals surface area contributed by atoms with E-state index in [1.807, 2.05) is 0 Å². The summed E-state index contributed by atoms with van der Waals surface area (Å²) in [5.74, 6) is 0.0888. The molecular formula is C20H33N3O3S. The molecule has 2 aliphatic rings. The van der Waals surface area contributed by atoms with Crippen LogP contribution in [0.1, 0.15) is 31.6 Å². The van der Waals surface area contributed by atoms with Crippen molar-refractivity contribution in [3.63, 3.8) is 0 Å². The zero-order valence-corrected chi connectivity index (χ0v) is 17.4. The van der Waals surface area contributed by atoms with Gasteiger partial charge >= 0.3 is 0 Å². The van der Waals surface area contributed by atoms with E-state index < -0.39 is 0 Å². The van der Waals surface area contributed by atoms with Gasteiger partial charge in [0.15, 0.2) is 0 Å². The molecule has 1 unspecified atom stereocenters. The molecule has 7 heteroatoms. The molecular weight excluding hydrogens is 362 g/mol. The highest BCUT2D eigenvalue weighted by atomic mass is 32.1. The molecule has 27 heavy (non-hydrogen) atoms. The van der Waals surface area contributed by atoms with Crippen molar-refractivity contribution in [2.24, 2.45) is 0 Å². The van der Waals surface area contributed by atoms with Crippen molar-refractivity contribution in [2.75, 3.05) is 52.5 Å². The normalized spacial score (nSPS) is 21.7. The average Bonchev–Trinajstić information content (AvgIpc) is 3.35. The second kappa shape index (κ2) is 9.98. The molecule has 3 rings (SSSR count). The van der Waals surface area contributed by atoms with Crippen molar-refractivity contribution in [1.29, 1.82) is 0 Å². The van der Waals surface area contributed by atoms with Gasteiger partial charge in [-0.2, -0.15) is 0 Å². The fraction of sp³-hybridized carbons (Fsp3) is 0.750. The molecule has 1 aromatic heterocycles. The predicted octanol–water partition coefficient (Wildman–Crippen LogP) is 1.96. The van der Waals surface area contributed by atoms with Gasteiger partial charge in [-0.15, -0.1) is 11.3 Å². The van der Waals surface area contributed by atoms with Gasteiger partial charge in [0.05, 0.1) is 25.9 Å². The summed E-state index contributed by atoms with van der Waals surface area (Å²) in [5, 5.41) is 5.24. The van der Waals surface area contributed by atoms with Crippen LogP contribution in [-0.4, -0.2) is 79.9 Å². The average molecular weight is 396 g/mol. The minimum absolute atomic E-state index is 0.0629. The Morgan fingerprint density at radius 2 is 2.19 bits per heavy atom. The number of ether oxygens (including phenoxy) is 2. The SMILES string of the molecule is CC(C)(CNC(=O)CN(Cc1cccs1)CC1CCCO1)N1CCOCC1. The molecule has 0 aliphatic carbocycles. The Morgan fingerprint density at radius 1 is 1.37 bits per heavy atom. The second-order valence-electron chi connectivity index (χ2n) is 8.07. The van der Waals surface area contributed by atoms with Gasteiger partial charge in [0.2, 0.25) is 5.91 Å². The number of rotatable bonds is 9. The van der Waals surface area contributed by atoms with Crippen LogP contribution in [0.2, 0.25) is 0 Å². The summed E-state index contributed by atoms with van der Waals surface area (Å²) in [7, 11) is 0. The third kappa shape index (κ3) is 6.54. The number of hydrogen-bond acceptors (Lipinski definition) is 6. The van der Waals surface area contributed by atoms with E-state index in [1.165, 1.54) is 4.88 Å². The van der Waals surface area contributed by atoms with Gasteiger partial charge in [-0.1, -0.05) is 6.07 Å². The van der Waals surface area contributed by atoms with E-state index in [9.17, 15) is 4.79 Å². The van der Waals surface area contributed by atoms with Gasteiger partial charge in [-0.05, 0) is 38.1 Å². The molecule has 6 nitrogen and oxygen atoms in total. The molecule has 152 valence electrons. The topological polar surface area (TPSA) is 54.0 Å². The second-order valence-corrected chi connectivity index (χ2v) is 9.10. The first-order valence-corrected chi connectivity index (χ1v) is 10.9. The first kappa shape index (κ1) is 20.7. The maximum absolute atomic E-state index is 12.7. The quantitative estimate of drug-likeness (QED) is 0.693. The minimum Gasteiger partial charge on any atom is -0.379 e. The number of thiophene rings is 1. The molecule has 1 N–H and O–H groups in total. The highest BCUT2D eigenvalue weighted by molar-refractivity contribution is 7.09. The van der Waals surface area contributed by atoms with Crippen molar-refractivity contribution in [1.82, 2.24) is 15.1 Å². The first-order valence-electron chi connectivity index (χ1n) is 9.99. The summed E-state index contributed by atoms with van der Waals surface area (Å²) in [4.78, 5) is 18.6. The van der Waals surface area contributed by atoms with Crippen LogP contribution in [0.4, 0.5) is 0 Å². The maximum Gasteiger partial charge on any atom is 0.234 e. The summed E-state index contributed by atoms with van der Waals surface area (Å²) in [6.45, 7) is 11.3. The van der Waals surface area contributed by atoms with Crippen molar-refractivity contribution in [3.8, 4) is 0 Å². The van der Waals surface area contributed by atoms with Crippen LogP contribution in [0.5, 0.6) is 0 Å². The Morgan fingerprint density at radius 3 is 2.85 bits per heavy atom. The molecule has 2 aliphatic heterocycles. The van der Waals surface area contributed by atoms with Gasteiger partial charge in [0.1, 0.15) is 0 Å². The number of carbonyl (C=O) groups is 1. The summed E-state index contributed by atoms with van der Waals surface area (Å²) < 4.78 is 11.2. The minimum atomic E-state index is -0.0629. The fourth-order valence-corrected chi connectivity index (χ4v) is 4.48. The third-order valence-electron chi connectivity index (χ3n) is 5.40. The van der Waals surface area contributed by atoms with Crippen LogP contribution in [0, 0.1) is 0 Å². The highest BCUT2D eigenvalue weighted by Gasteiger charge is 2.29. The van der Waals surface area contributed by atoms with E-state index in [0.29, 0.717) is 13.1 Å². The molecule has 0 spiro atoms. The van der Waals surface area contributed by atoms with Crippen LogP contribution in [0.15, 0.2) is 17.5 Å². The smallest absolute Gasteiger partial charge is 0.234 e. The Hall–Kier alpha value is -0.990. The van der Waals surface area contributed by atoms with Gasteiger partial charge in [0.25, 0.3) is 0 Å². The molecule has 1 amide bonds. The van der Waals surface area contributed by atoms with Crippen molar-refractivity contribution < 1.29 is 14.3 Å². The van der Waals surface area contributed by atoms with E-state index in [0.717, 1.165) is 58.8 Å².